The third-order valence-electron chi connectivity index (χ3n) is 2.09. The third-order valence-corrected chi connectivity index (χ3v) is 2.42. The molecule has 104 valence electrons. The van der Waals surface area contributed by atoms with Gasteiger partial charge in [-0.05, 0) is 19.9 Å². The smallest absolute Gasteiger partial charge is 0.236 e. The number of rotatable bonds is 6. The van der Waals surface area contributed by atoms with Gasteiger partial charge in [0.05, 0.1) is 24.5 Å². The van der Waals surface area contributed by atoms with Crippen LogP contribution in [0.4, 0.5) is 0 Å². The van der Waals surface area contributed by atoms with Crippen LogP contribution in [0.3, 0.4) is 0 Å². The maximum atomic E-state index is 10.7. The maximum absolute atomic E-state index is 10.7. The van der Waals surface area contributed by atoms with E-state index in [9.17, 15) is 4.79 Å². The second-order valence-electron chi connectivity index (χ2n) is 3.61. The highest BCUT2D eigenvalue weighted by atomic mass is 35.5. The second kappa shape index (κ2) is 7.63. The van der Waals surface area contributed by atoms with E-state index in [-0.39, 0.29) is 5.91 Å². The minimum absolute atomic E-state index is 0.247. The lowest BCUT2D eigenvalue weighted by molar-refractivity contribution is -0.118. The first kappa shape index (κ1) is 15.3. The van der Waals surface area contributed by atoms with Gasteiger partial charge in [-0.25, -0.2) is 5.43 Å². The van der Waals surface area contributed by atoms with Crippen molar-refractivity contribution in [2.45, 2.75) is 20.8 Å². The highest BCUT2D eigenvalue weighted by molar-refractivity contribution is 6.33. The normalized spacial score (nSPS) is 10.5. The van der Waals surface area contributed by atoms with Crippen LogP contribution in [0.5, 0.6) is 11.5 Å². The van der Waals surface area contributed by atoms with E-state index in [1.807, 2.05) is 13.8 Å². The van der Waals surface area contributed by atoms with Crippen molar-refractivity contribution in [3.8, 4) is 11.5 Å². The molecule has 1 aromatic carbocycles. The van der Waals surface area contributed by atoms with Crippen molar-refractivity contribution >= 4 is 23.7 Å². The van der Waals surface area contributed by atoms with Gasteiger partial charge in [-0.2, -0.15) is 5.10 Å². The standard InChI is InChI=1S/C13H17ClN2O3/c1-4-18-12-6-10(8-15-16-9(3)17)11(14)7-13(12)19-5-2/h6-8H,4-5H2,1-3H3,(H,16,17)/b15-8-. The van der Waals surface area contributed by atoms with Crippen molar-refractivity contribution in [2.24, 2.45) is 5.10 Å². The Bertz CT molecular complexity index is 475. The zero-order valence-electron chi connectivity index (χ0n) is 11.2. The number of benzene rings is 1. The Morgan fingerprint density at radius 1 is 1.32 bits per heavy atom. The SMILES string of the molecule is CCOc1cc(Cl)c(/C=N\NC(C)=O)cc1OCC. The lowest BCUT2D eigenvalue weighted by Gasteiger charge is -2.12. The largest absolute Gasteiger partial charge is 0.490 e. The molecule has 0 unspecified atom stereocenters. The van der Waals surface area contributed by atoms with Crippen LogP contribution in [0.15, 0.2) is 17.2 Å². The second-order valence-corrected chi connectivity index (χ2v) is 4.02. The summed E-state index contributed by atoms with van der Waals surface area (Å²) < 4.78 is 10.9. The average Bonchev–Trinajstić information content (AvgIpc) is 2.34. The Kier molecular flexibility index (Phi) is 6.15. The summed E-state index contributed by atoms with van der Waals surface area (Å²) in [5, 5.41) is 4.25. The van der Waals surface area contributed by atoms with Gasteiger partial charge in [0.15, 0.2) is 11.5 Å². The molecule has 19 heavy (non-hydrogen) atoms. The lowest BCUT2D eigenvalue weighted by Crippen LogP contribution is -2.12. The van der Waals surface area contributed by atoms with Crippen molar-refractivity contribution in [2.75, 3.05) is 13.2 Å². The summed E-state index contributed by atoms with van der Waals surface area (Å²) in [5.74, 6) is 0.937. The van der Waals surface area contributed by atoms with Crippen LogP contribution in [0.1, 0.15) is 26.3 Å². The molecule has 0 aliphatic carbocycles. The first-order valence-electron chi connectivity index (χ1n) is 5.97. The fourth-order valence-electron chi connectivity index (χ4n) is 1.38. The fraction of sp³-hybridized carbons (Fsp3) is 0.385. The molecule has 0 aliphatic heterocycles. The van der Waals surface area contributed by atoms with Gasteiger partial charge < -0.3 is 9.47 Å². The molecule has 0 bridgehead atoms. The van der Waals surface area contributed by atoms with E-state index in [1.54, 1.807) is 12.1 Å². The summed E-state index contributed by atoms with van der Waals surface area (Å²) in [6.07, 6.45) is 1.46. The van der Waals surface area contributed by atoms with E-state index in [0.29, 0.717) is 35.3 Å². The van der Waals surface area contributed by atoms with Crippen molar-refractivity contribution in [1.82, 2.24) is 5.43 Å². The number of nitrogens with one attached hydrogen (secondary N) is 1. The maximum Gasteiger partial charge on any atom is 0.236 e. The number of carbonyl (C=O) groups is 1. The summed E-state index contributed by atoms with van der Waals surface area (Å²) in [7, 11) is 0. The van der Waals surface area contributed by atoms with E-state index >= 15 is 0 Å². The number of hydrazone groups is 1. The summed E-state index contributed by atoms with van der Waals surface area (Å²) in [5.41, 5.74) is 2.95. The van der Waals surface area contributed by atoms with Crippen LogP contribution in [0.25, 0.3) is 0 Å². The fourth-order valence-corrected chi connectivity index (χ4v) is 1.58. The molecule has 0 saturated heterocycles. The van der Waals surface area contributed by atoms with Gasteiger partial charge in [-0.15, -0.1) is 0 Å². The highest BCUT2D eigenvalue weighted by Gasteiger charge is 2.09. The van der Waals surface area contributed by atoms with E-state index in [4.69, 9.17) is 21.1 Å². The van der Waals surface area contributed by atoms with Gasteiger partial charge in [0, 0.05) is 18.6 Å². The Balaban J connectivity index is 3.01. The van der Waals surface area contributed by atoms with E-state index in [2.05, 4.69) is 10.5 Å². The first-order valence-corrected chi connectivity index (χ1v) is 6.35. The zero-order valence-corrected chi connectivity index (χ0v) is 12.0. The number of hydrogen-bond acceptors (Lipinski definition) is 4. The van der Waals surface area contributed by atoms with Crippen molar-refractivity contribution in [1.29, 1.82) is 0 Å². The molecule has 1 aromatic rings. The number of halogens is 1. The van der Waals surface area contributed by atoms with E-state index in [1.165, 1.54) is 13.1 Å². The predicted octanol–water partition coefficient (Wildman–Crippen LogP) is 2.61. The lowest BCUT2D eigenvalue weighted by atomic mass is 10.2. The molecule has 0 heterocycles. The topological polar surface area (TPSA) is 59.9 Å². The molecule has 1 amide bonds. The Labute approximate surface area is 117 Å². The molecule has 0 spiro atoms. The Morgan fingerprint density at radius 2 is 1.89 bits per heavy atom. The molecule has 0 atom stereocenters. The zero-order chi connectivity index (χ0) is 14.3. The minimum atomic E-state index is -0.247. The molecule has 5 nitrogen and oxygen atoms in total. The number of hydrogen-bond donors (Lipinski definition) is 1. The molecule has 0 fully saturated rings. The van der Waals surface area contributed by atoms with Crippen molar-refractivity contribution in [3.63, 3.8) is 0 Å². The Morgan fingerprint density at radius 3 is 2.42 bits per heavy atom. The van der Waals surface area contributed by atoms with Crippen LogP contribution in [-0.2, 0) is 4.79 Å². The quantitative estimate of drug-likeness (QED) is 0.645. The molecule has 1 N–H and O–H groups in total. The molecule has 0 aromatic heterocycles. The number of carbonyl (C=O) groups excluding carboxylic acids is 1. The van der Waals surface area contributed by atoms with Crippen molar-refractivity contribution < 1.29 is 14.3 Å². The van der Waals surface area contributed by atoms with Gasteiger partial charge in [-0.1, -0.05) is 11.6 Å². The van der Waals surface area contributed by atoms with E-state index in [0.717, 1.165) is 0 Å². The van der Waals surface area contributed by atoms with Gasteiger partial charge in [0.25, 0.3) is 0 Å². The van der Waals surface area contributed by atoms with Crippen molar-refractivity contribution in [3.05, 3.63) is 22.7 Å². The summed E-state index contributed by atoms with van der Waals surface area (Å²) in [6.45, 7) is 6.19. The van der Waals surface area contributed by atoms with Crippen LogP contribution in [-0.4, -0.2) is 25.3 Å². The first-order chi connectivity index (χ1) is 9.08. The number of ether oxygens (including phenoxy) is 2. The molecular formula is C13H17ClN2O3. The van der Waals surface area contributed by atoms with Gasteiger partial charge in [0.1, 0.15) is 0 Å². The van der Waals surface area contributed by atoms with E-state index < -0.39 is 0 Å². The minimum Gasteiger partial charge on any atom is -0.490 e. The molecular weight excluding hydrogens is 268 g/mol. The predicted molar refractivity (Wildman–Crippen MR) is 75.2 cm³/mol. The highest BCUT2D eigenvalue weighted by Crippen LogP contribution is 2.32. The molecule has 0 radical (unpaired) electrons. The van der Waals surface area contributed by atoms with Gasteiger partial charge >= 0.3 is 0 Å². The number of nitrogens with zero attached hydrogens (tertiary/aromatic N) is 1. The molecule has 6 heteroatoms. The van der Waals surface area contributed by atoms with Gasteiger partial charge in [0.2, 0.25) is 5.91 Å². The third kappa shape index (κ3) is 4.79. The monoisotopic (exact) mass is 284 g/mol. The molecule has 0 saturated carbocycles. The van der Waals surface area contributed by atoms with Crippen LogP contribution >= 0.6 is 11.6 Å². The Hall–Kier alpha value is -1.75. The summed E-state index contributed by atoms with van der Waals surface area (Å²) >= 11 is 6.11. The molecule has 1 rings (SSSR count). The van der Waals surface area contributed by atoms with Crippen LogP contribution < -0.4 is 14.9 Å². The number of amides is 1. The molecule has 0 aliphatic rings. The van der Waals surface area contributed by atoms with Crippen LogP contribution in [0.2, 0.25) is 5.02 Å². The summed E-state index contributed by atoms with van der Waals surface area (Å²) in [6, 6.07) is 3.40. The summed E-state index contributed by atoms with van der Waals surface area (Å²) in [4.78, 5) is 10.7. The van der Waals surface area contributed by atoms with Crippen LogP contribution in [0, 0.1) is 0 Å². The van der Waals surface area contributed by atoms with Gasteiger partial charge in [-0.3, -0.25) is 4.79 Å². The average molecular weight is 285 g/mol.